The average molecular weight is 227 g/mol. The lowest BCUT2D eigenvalue weighted by Gasteiger charge is -2.10. The Morgan fingerprint density at radius 3 is 2.27 bits per heavy atom. The second-order valence-corrected chi connectivity index (χ2v) is 3.88. The molecule has 0 amide bonds. The first-order chi connectivity index (χ1) is 7.10. The van der Waals surface area contributed by atoms with E-state index in [9.17, 15) is 4.79 Å². The molecule has 3 heteroatoms. The van der Waals surface area contributed by atoms with Crippen molar-refractivity contribution in [2.24, 2.45) is 0 Å². The van der Waals surface area contributed by atoms with E-state index in [2.05, 4.69) is 0 Å². The smallest absolute Gasteiger partial charge is 0.164 e. The van der Waals surface area contributed by atoms with E-state index in [1.54, 1.807) is 7.11 Å². The number of carbonyl (C=O) groups is 1. The van der Waals surface area contributed by atoms with Gasteiger partial charge in [0.2, 0.25) is 0 Å². The van der Waals surface area contributed by atoms with E-state index in [1.165, 1.54) is 0 Å². The number of benzene rings is 1. The topological polar surface area (TPSA) is 26.3 Å². The fraction of sp³-hybridized carbons (Fsp3) is 0.417. The van der Waals surface area contributed by atoms with Crippen LogP contribution in [0.3, 0.4) is 0 Å². The molecular weight excluding hydrogens is 212 g/mol. The van der Waals surface area contributed by atoms with Gasteiger partial charge in [0.05, 0.1) is 7.11 Å². The quantitative estimate of drug-likeness (QED) is 0.583. The van der Waals surface area contributed by atoms with Crippen LogP contribution in [0.25, 0.3) is 0 Å². The average Bonchev–Trinajstić information content (AvgIpc) is 2.17. The summed E-state index contributed by atoms with van der Waals surface area (Å²) in [6.07, 6.45) is 0.382. The maximum Gasteiger partial charge on any atom is 0.164 e. The fourth-order valence-electron chi connectivity index (χ4n) is 1.66. The molecule has 1 aromatic carbocycles. The highest BCUT2D eigenvalue weighted by molar-refractivity contribution is 6.19. The van der Waals surface area contributed by atoms with Crippen LogP contribution in [-0.4, -0.2) is 18.8 Å². The Morgan fingerprint density at radius 2 is 1.87 bits per heavy atom. The first-order valence-electron chi connectivity index (χ1n) is 4.84. The van der Waals surface area contributed by atoms with Crippen LogP contribution < -0.4 is 4.74 Å². The van der Waals surface area contributed by atoms with Crippen molar-refractivity contribution in [3.8, 4) is 5.75 Å². The molecule has 0 N–H and O–H groups in total. The maximum absolute atomic E-state index is 11.6. The number of rotatable bonds is 4. The van der Waals surface area contributed by atoms with Gasteiger partial charge in [-0.2, -0.15) is 0 Å². The third-order valence-corrected chi connectivity index (χ3v) is 2.50. The van der Waals surface area contributed by atoms with Gasteiger partial charge in [0, 0.05) is 17.9 Å². The molecule has 0 unspecified atom stereocenters. The SMILES string of the molecule is COc1c(C)cc(C(=O)CCCl)cc1C. The van der Waals surface area contributed by atoms with Crippen molar-refractivity contribution in [1.82, 2.24) is 0 Å². The molecule has 0 saturated carbocycles. The molecule has 0 saturated heterocycles. The monoisotopic (exact) mass is 226 g/mol. The number of ketones is 1. The predicted octanol–water partition coefficient (Wildman–Crippen LogP) is 3.12. The summed E-state index contributed by atoms with van der Waals surface area (Å²) in [6.45, 7) is 3.87. The minimum Gasteiger partial charge on any atom is -0.496 e. The number of hydrogen-bond donors (Lipinski definition) is 0. The van der Waals surface area contributed by atoms with Crippen LogP contribution in [0.4, 0.5) is 0 Å². The minimum atomic E-state index is 0.0823. The highest BCUT2D eigenvalue weighted by Crippen LogP contribution is 2.24. The summed E-state index contributed by atoms with van der Waals surface area (Å²) in [5.41, 5.74) is 2.68. The zero-order valence-electron chi connectivity index (χ0n) is 9.26. The van der Waals surface area contributed by atoms with Gasteiger partial charge >= 0.3 is 0 Å². The molecule has 0 aliphatic carbocycles. The van der Waals surface area contributed by atoms with Gasteiger partial charge in [-0.1, -0.05) is 0 Å². The van der Waals surface area contributed by atoms with E-state index in [4.69, 9.17) is 16.3 Å². The van der Waals surface area contributed by atoms with Crippen molar-refractivity contribution in [2.45, 2.75) is 20.3 Å². The molecule has 1 aromatic rings. The number of methoxy groups -OCH3 is 1. The first kappa shape index (κ1) is 12.1. The number of halogens is 1. The van der Waals surface area contributed by atoms with Crippen LogP contribution in [0.1, 0.15) is 27.9 Å². The third kappa shape index (κ3) is 2.72. The molecule has 1 rings (SSSR count). The lowest BCUT2D eigenvalue weighted by molar-refractivity contribution is 0.0989. The Kier molecular flexibility index (Phi) is 4.15. The molecular formula is C12H15ClO2. The molecule has 0 fully saturated rings. The van der Waals surface area contributed by atoms with E-state index in [1.807, 2.05) is 26.0 Å². The molecule has 2 nitrogen and oxygen atoms in total. The van der Waals surface area contributed by atoms with Crippen molar-refractivity contribution in [3.05, 3.63) is 28.8 Å². The van der Waals surface area contributed by atoms with Crippen molar-refractivity contribution in [1.29, 1.82) is 0 Å². The Morgan fingerprint density at radius 1 is 1.33 bits per heavy atom. The summed E-state index contributed by atoms with van der Waals surface area (Å²) in [7, 11) is 1.63. The van der Waals surface area contributed by atoms with Crippen LogP contribution in [0.5, 0.6) is 5.75 Å². The first-order valence-corrected chi connectivity index (χ1v) is 5.38. The standard InChI is InChI=1S/C12H15ClO2/c1-8-6-10(11(14)4-5-13)7-9(2)12(8)15-3/h6-7H,4-5H2,1-3H3. The summed E-state index contributed by atoms with van der Waals surface area (Å²) in [5, 5.41) is 0. The van der Waals surface area contributed by atoms with Crippen molar-refractivity contribution in [3.63, 3.8) is 0 Å². The highest BCUT2D eigenvalue weighted by atomic mass is 35.5. The highest BCUT2D eigenvalue weighted by Gasteiger charge is 2.10. The minimum absolute atomic E-state index is 0.0823. The summed E-state index contributed by atoms with van der Waals surface area (Å²) in [6, 6.07) is 3.70. The zero-order chi connectivity index (χ0) is 11.4. The van der Waals surface area contributed by atoms with Crippen LogP contribution in [0.15, 0.2) is 12.1 Å². The molecule has 0 aliphatic heterocycles. The number of aryl methyl sites for hydroxylation is 2. The number of ether oxygens (including phenoxy) is 1. The van der Waals surface area contributed by atoms with E-state index in [0.717, 1.165) is 16.9 Å². The molecule has 0 aromatic heterocycles. The number of alkyl halides is 1. The van der Waals surface area contributed by atoms with Crippen LogP contribution in [0.2, 0.25) is 0 Å². The zero-order valence-corrected chi connectivity index (χ0v) is 10.0. The van der Waals surface area contributed by atoms with E-state index >= 15 is 0 Å². The predicted molar refractivity (Wildman–Crippen MR) is 62.1 cm³/mol. The van der Waals surface area contributed by atoms with Gasteiger partial charge in [-0.15, -0.1) is 11.6 Å². The molecule has 0 atom stereocenters. The molecule has 82 valence electrons. The largest absolute Gasteiger partial charge is 0.496 e. The van der Waals surface area contributed by atoms with E-state index in [-0.39, 0.29) is 5.78 Å². The van der Waals surface area contributed by atoms with Gasteiger partial charge in [-0.25, -0.2) is 0 Å². The van der Waals surface area contributed by atoms with Gasteiger partial charge in [0.15, 0.2) is 5.78 Å². The summed E-state index contributed by atoms with van der Waals surface area (Å²) < 4.78 is 5.23. The Hall–Kier alpha value is -1.02. The number of hydrogen-bond acceptors (Lipinski definition) is 2. The Bertz CT molecular complexity index is 349. The van der Waals surface area contributed by atoms with Crippen molar-refractivity contribution < 1.29 is 9.53 Å². The van der Waals surface area contributed by atoms with Gasteiger partial charge in [0.1, 0.15) is 5.75 Å². The lowest BCUT2D eigenvalue weighted by Crippen LogP contribution is -2.02. The maximum atomic E-state index is 11.6. The van der Waals surface area contributed by atoms with Crippen LogP contribution >= 0.6 is 11.6 Å². The van der Waals surface area contributed by atoms with Gasteiger partial charge < -0.3 is 4.74 Å². The lowest BCUT2D eigenvalue weighted by atomic mass is 10.0. The van der Waals surface area contributed by atoms with Crippen LogP contribution in [0, 0.1) is 13.8 Å². The van der Waals surface area contributed by atoms with E-state index in [0.29, 0.717) is 17.9 Å². The van der Waals surface area contributed by atoms with E-state index < -0.39 is 0 Å². The molecule has 15 heavy (non-hydrogen) atoms. The normalized spacial score (nSPS) is 10.1. The van der Waals surface area contributed by atoms with Gasteiger partial charge in [0.25, 0.3) is 0 Å². The molecule has 0 spiro atoms. The fourth-order valence-corrected chi connectivity index (χ4v) is 1.84. The van der Waals surface area contributed by atoms with Gasteiger partial charge in [-0.3, -0.25) is 4.79 Å². The summed E-state index contributed by atoms with van der Waals surface area (Å²) in [5.74, 6) is 1.29. The Labute approximate surface area is 95.2 Å². The summed E-state index contributed by atoms with van der Waals surface area (Å²) >= 11 is 5.54. The molecule has 0 heterocycles. The molecule has 0 bridgehead atoms. The van der Waals surface area contributed by atoms with Crippen molar-refractivity contribution >= 4 is 17.4 Å². The second-order valence-electron chi connectivity index (χ2n) is 3.51. The Balaban J connectivity index is 3.08. The van der Waals surface area contributed by atoms with Crippen molar-refractivity contribution in [2.75, 3.05) is 13.0 Å². The van der Waals surface area contributed by atoms with Gasteiger partial charge in [-0.05, 0) is 37.1 Å². The molecule has 0 aliphatic rings. The number of carbonyl (C=O) groups excluding carboxylic acids is 1. The summed E-state index contributed by atoms with van der Waals surface area (Å²) in [4.78, 5) is 11.6. The van der Waals surface area contributed by atoms with Crippen LogP contribution in [-0.2, 0) is 0 Å². The molecule has 0 radical (unpaired) electrons. The second kappa shape index (κ2) is 5.17. The third-order valence-electron chi connectivity index (χ3n) is 2.31. The number of Topliss-reactive ketones (excluding diaryl/α,β-unsaturated/α-hetero) is 1.